The molecule has 120 valence electrons. The van der Waals surface area contributed by atoms with Gasteiger partial charge in [0, 0.05) is 11.6 Å². The number of aromatic nitrogens is 1. The highest BCUT2D eigenvalue weighted by molar-refractivity contribution is 6.07. The fraction of sp³-hybridized carbons (Fsp3) is 0.353. The number of carbonyl (C=O) groups is 2. The van der Waals surface area contributed by atoms with Crippen molar-refractivity contribution in [2.45, 2.75) is 32.3 Å². The Balaban J connectivity index is 2.17. The Labute approximate surface area is 132 Å². The number of carbonyl (C=O) groups excluding carboxylic acids is 2. The monoisotopic (exact) mass is 315 g/mol. The number of hydrogen-bond donors (Lipinski definition) is 1. The van der Waals surface area contributed by atoms with Gasteiger partial charge in [-0.1, -0.05) is 19.4 Å². The zero-order chi connectivity index (χ0) is 16.6. The van der Waals surface area contributed by atoms with Crippen LogP contribution in [0.3, 0.4) is 0 Å². The number of esters is 2. The molecule has 1 aromatic heterocycles. The van der Waals surface area contributed by atoms with Gasteiger partial charge in [-0.3, -0.25) is 4.79 Å². The smallest absolute Gasteiger partial charge is 0.354 e. The van der Waals surface area contributed by atoms with Crippen molar-refractivity contribution in [3.8, 4) is 0 Å². The van der Waals surface area contributed by atoms with Crippen LogP contribution in [0.2, 0.25) is 0 Å². The lowest BCUT2D eigenvalue weighted by atomic mass is 9.97. The second kappa shape index (κ2) is 5.87. The van der Waals surface area contributed by atoms with Gasteiger partial charge in [0.1, 0.15) is 11.8 Å². The van der Waals surface area contributed by atoms with Crippen LogP contribution in [0.1, 0.15) is 58.7 Å². The summed E-state index contributed by atoms with van der Waals surface area (Å²) < 4.78 is 10.0. The molecular weight excluding hydrogens is 298 g/mol. The van der Waals surface area contributed by atoms with Crippen molar-refractivity contribution in [1.82, 2.24) is 4.98 Å². The van der Waals surface area contributed by atoms with Crippen molar-refractivity contribution in [3.63, 3.8) is 0 Å². The fourth-order valence-corrected chi connectivity index (χ4v) is 2.93. The molecule has 0 radical (unpaired) electrons. The van der Waals surface area contributed by atoms with Gasteiger partial charge in [-0.2, -0.15) is 0 Å². The first-order valence-corrected chi connectivity index (χ1v) is 7.56. The van der Waals surface area contributed by atoms with Gasteiger partial charge in [0.15, 0.2) is 5.43 Å². The number of unbranched alkanes of at least 4 members (excludes halogenated alkanes) is 1. The predicted molar refractivity (Wildman–Crippen MR) is 83.6 cm³/mol. The number of rotatable bonds is 4. The summed E-state index contributed by atoms with van der Waals surface area (Å²) in [7, 11) is 1.24. The Morgan fingerprint density at radius 2 is 2.13 bits per heavy atom. The van der Waals surface area contributed by atoms with E-state index in [1.807, 2.05) is 0 Å². The van der Waals surface area contributed by atoms with E-state index in [1.165, 1.54) is 7.11 Å². The number of nitrogens with one attached hydrogen (secondary N) is 1. The van der Waals surface area contributed by atoms with Crippen molar-refractivity contribution in [3.05, 3.63) is 45.2 Å². The van der Waals surface area contributed by atoms with Crippen LogP contribution in [0.5, 0.6) is 0 Å². The van der Waals surface area contributed by atoms with Crippen molar-refractivity contribution in [1.29, 1.82) is 0 Å². The maximum atomic E-state index is 12.4. The molecule has 0 unspecified atom stereocenters. The van der Waals surface area contributed by atoms with Crippen LogP contribution in [-0.4, -0.2) is 24.0 Å². The molecule has 6 nitrogen and oxygen atoms in total. The molecule has 0 bridgehead atoms. The number of methoxy groups -OCH3 is 1. The van der Waals surface area contributed by atoms with E-state index in [4.69, 9.17) is 4.74 Å². The maximum Gasteiger partial charge on any atom is 0.354 e. The van der Waals surface area contributed by atoms with Crippen LogP contribution in [0.25, 0.3) is 10.9 Å². The second-order valence-electron chi connectivity index (χ2n) is 5.53. The average Bonchev–Trinajstić information content (AvgIpc) is 2.88. The summed E-state index contributed by atoms with van der Waals surface area (Å²) in [6.07, 6.45) is 2.37. The molecule has 1 N–H and O–H groups in total. The third-order valence-electron chi connectivity index (χ3n) is 4.05. The second-order valence-corrected chi connectivity index (χ2v) is 5.53. The van der Waals surface area contributed by atoms with E-state index in [-0.39, 0.29) is 17.2 Å². The minimum absolute atomic E-state index is 0.0545. The number of hydrogen-bond acceptors (Lipinski definition) is 5. The maximum absolute atomic E-state index is 12.4. The van der Waals surface area contributed by atoms with Gasteiger partial charge in [0.25, 0.3) is 0 Å². The molecule has 0 aliphatic carbocycles. The van der Waals surface area contributed by atoms with Gasteiger partial charge in [0.2, 0.25) is 0 Å². The summed E-state index contributed by atoms with van der Waals surface area (Å²) in [5.74, 6) is -1.11. The number of cyclic esters (lactones) is 1. The Morgan fingerprint density at radius 1 is 1.35 bits per heavy atom. The highest BCUT2D eigenvalue weighted by atomic mass is 16.5. The van der Waals surface area contributed by atoms with Gasteiger partial charge in [-0.25, -0.2) is 9.59 Å². The fourth-order valence-electron chi connectivity index (χ4n) is 2.93. The molecule has 3 rings (SSSR count). The number of aromatic amines is 1. The standard InChI is InChI=1S/C17H17NO5/c1-3-4-5-13-9-6-7-10-15(14(9)17(21)23-13)12(19)8-11(18-10)16(20)22-2/h6-8,13H,3-5H2,1-2H3,(H,18,19)/t13-/m1/s1. The molecule has 0 fully saturated rings. The zero-order valence-electron chi connectivity index (χ0n) is 13.0. The Hall–Kier alpha value is -2.63. The lowest BCUT2D eigenvalue weighted by Gasteiger charge is -2.10. The molecule has 0 saturated heterocycles. The molecule has 23 heavy (non-hydrogen) atoms. The highest BCUT2D eigenvalue weighted by Gasteiger charge is 2.33. The molecule has 1 atom stereocenters. The van der Waals surface area contributed by atoms with Gasteiger partial charge in [0.05, 0.1) is 23.6 Å². The summed E-state index contributed by atoms with van der Waals surface area (Å²) in [6.45, 7) is 2.07. The first-order valence-electron chi connectivity index (χ1n) is 7.56. The molecule has 2 aromatic rings. The largest absolute Gasteiger partial charge is 0.464 e. The van der Waals surface area contributed by atoms with Crippen molar-refractivity contribution >= 4 is 22.8 Å². The van der Waals surface area contributed by atoms with E-state index in [9.17, 15) is 14.4 Å². The average molecular weight is 315 g/mol. The minimum Gasteiger partial charge on any atom is -0.464 e. The molecule has 2 heterocycles. The number of pyridine rings is 1. The minimum atomic E-state index is -0.632. The summed E-state index contributed by atoms with van der Waals surface area (Å²) >= 11 is 0. The number of H-pyrrole nitrogens is 1. The highest BCUT2D eigenvalue weighted by Crippen LogP contribution is 2.36. The third-order valence-corrected chi connectivity index (χ3v) is 4.05. The third kappa shape index (κ3) is 2.50. The summed E-state index contributed by atoms with van der Waals surface area (Å²) in [6, 6.07) is 4.63. The van der Waals surface area contributed by atoms with Crippen molar-refractivity contribution < 1.29 is 19.1 Å². The molecule has 0 amide bonds. The lowest BCUT2D eigenvalue weighted by molar-refractivity contribution is 0.0365. The topological polar surface area (TPSA) is 85.5 Å². The Morgan fingerprint density at radius 3 is 2.83 bits per heavy atom. The van der Waals surface area contributed by atoms with Crippen LogP contribution in [-0.2, 0) is 9.47 Å². The van der Waals surface area contributed by atoms with Crippen LogP contribution in [0, 0.1) is 0 Å². The SMILES string of the molecule is CCCC[C@H]1OC(=O)c2c1ccc1[nH]c(C(=O)OC)cc(=O)c21. The van der Waals surface area contributed by atoms with Crippen molar-refractivity contribution in [2.24, 2.45) is 0 Å². The van der Waals surface area contributed by atoms with E-state index in [2.05, 4.69) is 16.6 Å². The number of fused-ring (bicyclic) bond motifs is 3. The van der Waals surface area contributed by atoms with Gasteiger partial charge in [-0.05, 0) is 18.9 Å². The van der Waals surface area contributed by atoms with Crippen LogP contribution >= 0.6 is 0 Å². The molecule has 1 aliphatic heterocycles. The van der Waals surface area contributed by atoms with E-state index in [1.54, 1.807) is 12.1 Å². The summed E-state index contributed by atoms with van der Waals surface area (Å²) in [4.78, 5) is 39.1. The van der Waals surface area contributed by atoms with Crippen LogP contribution in [0.4, 0.5) is 0 Å². The summed E-state index contributed by atoms with van der Waals surface area (Å²) in [5, 5.41) is 0.263. The quantitative estimate of drug-likeness (QED) is 0.877. The molecule has 0 spiro atoms. The van der Waals surface area contributed by atoms with Crippen LogP contribution < -0.4 is 5.43 Å². The molecule has 1 aromatic carbocycles. The Bertz CT molecular complexity index is 852. The first kappa shape index (κ1) is 15.3. The number of benzene rings is 1. The lowest BCUT2D eigenvalue weighted by Crippen LogP contribution is -2.13. The molecule has 1 aliphatic rings. The van der Waals surface area contributed by atoms with E-state index in [0.717, 1.165) is 30.9 Å². The molecule has 0 saturated carbocycles. The van der Waals surface area contributed by atoms with Crippen molar-refractivity contribution in [2.75, 3.05) is 7.11 Å². The van der Waals surface area contributed by atoms with Gasteiger partial charge >= 0.3 is 11.9 Å². The molecular formula is C17H17NO5. The normalized spacial score (nSPS) is 16.3. The van der Waals surface area contributed by atoms with E-state index in [0.29, 0.717) is 11.1 Å². The first-order chi connectivity index (χ1) is 11.1. The predicted octanol–water partition coefficient (Wildman–Crippen LogP) is 2.72. The molecule has 6 heteroatoms. The van der Waals surface area contributed by atoms with E-state index >= 15 is 0 Å². The summed E-state index contributed by atoms with van der Waals surface area (Å²) in [5.41, 5.74) is 1.13. The van der Waals surface area contributed by atoms with Gasteiger partial charge in [-0.15, -0.1) is 0 Å². The van der Waals surface area contributed by atoms with Crippen LogP contribution in [0.15, 0.2) is 23.0 Å². The number of ether oxygens (including phenoxy) is 2. The Kier molecular flexibility index (Phi) is 3.90. The zero-order valence-corrected chi connectivity index (χ0v) is 13.0. The van der Waals surface area contributed by atoms with Gasteiger partial charge < -0.3 is 14.5 Å². The van der Waals surface area contributed by atoms with E-state index < -0.39 is 17.4 Å².